The second kappa shape index (κ2) is 8.53. The number of carbonyl (C=O) groups excluding carboxylic acids is 1. The fourth-order valence-corrected chi connectivity index (χ4v) is 1.42. The van der Waals surface area contributed by atoms with Crippen LogP contribution in [0.15, 0.2) is 0 Å². The van der Waals surface area contributed by atoms with Gasteiger partial charge in [-0.25, -0.2) is 0 Å². The van der Waals surface area contributed by atoms with Gasteiger partial charge in [-0.15, -0.1) is 0 Å². The Morgan fingerprint density at radius 3 is 2.56 bits per heavy atom. The van der Waals surface area contributed by atoms with E-state index in [-0.39, 0.29) is 5.91 Å². The van der Waals surface area contributed by atoms with Gasteiger partial charge in [0, 0.05) is 19.6 Å². The molecule has 0 bridgehead atoms. The molecule has 0 spiro atoms. The van der Waals surface area contributed by atoms with Crippen molar-refractivity contribution in [2.24, 2.45) is 0 Å². The maximum Gasteiger partial charge on any atom is 0.222 e. The lowest BCUT2D eigenvalue weighted by Gasteiger charge is -2.22. The molecule has 16 heavy (non-hydrogen) atoms. The van der Waals surface area contributed by atoms with Crippen molar-refractivity contribution in [2.45, 2.75) is 52.1 Å². The predicted octanol–water partition coefficient (Wildman–Crippen LogP) is 1.47. The van der Waals surface area contributed by atoms with E-state index in [4.69, 9.17) is 4.74 Å². The molecule has 0 saturated heterocycles. The first kappa shape index (κ1) is 15.4. The molecule has 4 nitrogen and oxygen atoms in total. The Morgan fingerprint density at radius 1 is 1.31 bits per heavy atom. The standard InChI is InChI=1S/C12H25NO3/c1-4-7-12(3,15)10-13-11(14)6-9-16-8-5-2/h15H,4-10H2,1-3H3,(H,13,14). The van der Waals surface area contributed by atoms with Crippen LogP contribution in [0.5, 0.6) is 0 Å². The van der Waals surface area contributed by atoms with Crippen molar-refractivity contribution in [1.29, 1.82) is 0 Å². The number of ether oxygens (including phenoxy) is 1. The van der Waals surface area contributed by atoms with Gasteiger partial charge in [-0.1, -0.05) is 20.3 Å². The number of nitrogens with one attached hydrogen (secondary N) is 1. The summed E-state index contributed by atoms with van der Waals surface area (Å²) >= 11 is 0. The smallest absolute Gasteiger partial charge is 0.222 e. The summed E-state index contributed by atoms with van der Waals surface area (Å²) in [7, 11) is 0. The molecule has 1 unspecified atom stereocenters. The highest BCUT2D eigenvalue weighted by Gasteiger charge is 2.19. The molecule has 0 aliphatic rings. The van der Waals surface area contributed by atoms with Gasteiger partial charge >= 0.3 is 0 Å². The summed E-state index contributed by atoms with van der Waals surface area (Å²) in [6.07, 6.45) is 2.93. The Labute approximate surface area is 98.4 Å². The predicted molar refractivity (Wildman–Crippen MR) is 64.3 cm³/mol. The van der Waals surface area contributed by atoms with E-state index >= 15 is 0 Å². The van der Waals surface area contributed by atoms with Gasteiger partial charge in [-0.3, -0.25) is 4.79 Å². The molecule has 0 aliphatic heterocycles. The number of rotatable bonds is 9. The lowest BCUT2D eigenvalue weighted by Crippen LogP contribution is -2.40. The van der Waals surface area contributed by atoms with E-state index < -0.39 is 5.60 Å². The molecule has 0 heterocycles. The van der Waals surface area contributed by atoms with Crippen molar-refractivity contribution in [1.82, 2.24) is 5.32 Å². The highest BCUT2D eigenvalue weighted by Crippen LogP contribution is 2.09. The van der Waals surface area contributed by atoms with Gasteiger partial charge in [-0.2, -0.15) is 0 Å². The van der Waals surface area contributed by atoms with Crippen molar-refractivity contribution in [3.05, 3.63) is 0 Å². The maximum atomic E-state index is 11.4. The Hall–Kier alpha value is -0.610. The minimum absolute atomic E-state index is 0.0625. The Kier molecular flexibility index (Phi) is 8.21. The average Bonchev–Trinajstić information content (AvgIpc) is 2.22. The molecule has 0 saturated carbocycles. The van der Waals surface area contributed by atoms with E-state index in [0.717, 1.165) is 12.8 Å². The summed E-state index contributed by atoms with van der Waals surface area (Å²) in [5.41, 5.74) is -0.797. The van der Waals surface area contributed by atoms with Gasteiger partial charge in [0.15, 0.2) is 0 Å². The quantitative estimate of drug-likeness (QED) is 0.591. The van der Waals surface area contributed by atoms with Gasteiger partial charge in [0.05, 0.1) is 12.2 Å². The molecule has 2 N–H and O–H groups in total. The second-order valence-corrected chi connectivity index (χ2v) is 4.39. The van der Waals surface area contributed by atoms with E-state index in [1.807, 2.05) is 13.8 Å². The first-order chi connectivity index (χ1) is 7.52. The monoisotopic (exact) mass is 231 g/mol. The van der Waals surface area contributed by atoms with Crippen LogP contribution in [0.3, 0.4) is 0 Å². The van der Waals surface area contributed by atoms with Crippen molar-refractivity contribution in [3.63, 3.8) is 0 Å². The van der Waals surface area contributed by atoms with Crippen molar-refractivity contribution in [3.8, 4) is 0 Å². The fraction of sp³-hybridized carbons (Fsp3) is 0.917. The first-order valence-electron chi connectivity index (χ1n) is 6.08. The van der Waals surface area contributed by atoms with Gasteiger partial charge in [0.2, 0.25) is 5.91 Å². The molecule has 0 fully saturated rings. The van der Waals surface area contributed by atoms with Crippen LogP contribution in [0.2, 0.25) is 0 Å². The van der Waals surface area contributed by atoms with Crippen LogP contribution in [0.4, 0.5) is 0 Å². The zero-order valence-electron chi connectivity index (χ0n) is 10.7. The number of carbonyl (C=O) groups is 1. The van der Waals surface area contributed by atoms with Gasteiger partial charge in [-0.05, 0) is 19.8 Å². The third-order valence-corrected chi connectivity index (χ3v) is 2.28. The molecule has 4 heteroatoms. The topological polar surface area (TPSA) is 58.6 Å². The molecule has 0 aromatic carbocycles. The van der Waals surface area contributed by atoms with Crippen LogP contribution in [0.1, 0.15) is 46.5 Å². The number of hydrogen-bond acceptors (Lipinski definition) is 3. The zero-order valence-corrected chi connectivity index (χ0v) is 10.7. The molecule has 0 aromatic rings. The second-order valence-electron chi connectivity index (χ2n) is 4.39. The molecule has 0 aromatic heterocycles. The summed E-state index contributed by atoms with van der Waals surface area (Å²) < 4.78 is 5.21. The summed E-state index contributed by atoms with van der Waals surface area (Å²) in [6.45, 7) is 7.24. The summed E-state index contributed by atoms with van der Waals surface area (Å²) in [5, 5.41) is 12.5. The third-order valence-electron chi connectivity index (χ3n) is 2.28. The molecular formula is C12H25NO3. The minimum atomic E-state index is -0.797. The van der Waals surface area contributed by atoms with E-state index in [1.165, 1.54) is 0 Å². The van der Waals surface area contributed by atoms with Crippen molar-refractivity contribution >= 4 is 5.91 Å². The highest BCUT2D eigenvalue weighted by molar-refractivity contribution is 5.76. The summed E-state index contributed by atoms with van der Waals surface area (Å²) in [6, 6.07) is 0. The first-order valence-corrected chi connectivity index (χ1v) is 6.08. The summed E-state index contributed by atoms with van der Waals surface area (Å²) in [5.74, 6) is -0.0625. The average molecular weight is 231 g/mol. The van der Waals surface area contributed by atoms with Crippen LogP contribution < -0.4 is 5.32 Å². The van der Waals surface area contributed by atoms with E-state index in [0.29, 0.717) is 32.6 Å². The van der Waals surface area contributed by atoms with Crippen molar-refractivity contribution in [2.75, 3.05) is 19.8 Å². The molecule has 96 valence electrons. The molecule has 1 amide bonds. The van der Waals surface area contributed by atoms with E-state index in [1.54, 1.807) is 6.92 Å². The van der Waals surface area contributed by atoms with Gasteiger partial charge < -0.3 is 15.2 Å². The van der Waals surface area contributed by atoms with E-state index in [9.17, 15) is 9.90 Å². The SMILES string of the molecule is CCCOCCC(=O)NCC(C)(O)CCC. The maximum absolute atomic E-state index is 11.4. The van der Waals surface area contributed by atoms with Crippen LogP contribution in [0, 0.1) is 0 Å². The molecule has 0 radical (unpaired) electrons. The lowest BCUT2D eigenvalue weighted by molar-refractivity contribution is -0.123. The van der Waals surface area contributed by atoms with Crippen LogP contribution in [0.25, 0.3) is 0 Å². The van der Waals surface area contributed by atoms with E-state index in [2.05, 4.69) is 5.32 Å². The molecular weight excluding hydrogens is 206 g/mol. The zero-order chi connectivity index (χ0) is 12.4. The van der Waals surface area contributed by atoms with Crippen molar-refractivity contribution < 1.29 is 14.6 Å². The number of aliphatic hydroxyl groups is 1. The molecule has 1 atom stereocenters. The van der Waals surface area contributed by atoms with Crippen LogP contribution in [-0.4, -0.2) is 36.4 Å². The molecule has 0 aliphatic carbocycles. The Bertz CT molecular complexity index is 193. The fourth-order valence-electron chi connectivity index (χ4n) is 1.42. The van der Waals surface area contributed by atoms with Crippen LogP contribution >= 0.6 is 0 Å². The normalized spacial score (nSPS) is 14.5. The Balaban J connectivity index is 3.56. The number of hydrogen-bond donors (Lipinski definition) is 2. The van der Waals surface area contributed by atoms with Crippen LogP contribution in [-0.2, 0) is 9.53 Å². The third kappa shape index (κ3) is 8.68. The lowest BCUT2D eigenvalue weighted by atomic mass is 10.0. The Morgan fingerprint density at radius 2 is 2.00 bits per heavy atom. The molecule has 0 rings (SSSR count). The summed E-state index contributed by atoms with van der Waals surface area (Å²) in [4.78, 5) is 11.4. The van der Waals surface area contributed by atoms with Gasteiger partial charge in [0.25, 0.3) is 0 Å². The van der Waals surface area contributed by atoms with Gasteiger partial charge in [0.1, 0.15) is 0 Å². The highest BCUT2D eigenvalue weighted by atomic mass is 16.5. The minimum Gasteiger partial charge on any atom is -0.388 e. The largest absolute Gasteiger partial charge is 0.388 e. The number of amides is 1.